The summed E-state index contributed by atoms with van der Waals surface area (Å²) in [5.74, 6) is -0.508. The molecule has 0 unspecified atom stereocenters. The van der Waals surface area contributed by atoms with Crippen LogP contribution in [0.3, 0.4) is 0 Å². The van der Waals surface area contributed by atoms with Gasteiger partial charge < -0.3 is 10.4 Å². The highest BCUT2D eigenvalue weighted by atomic mass is 16.4. The number of carbonyl (C=O) groups excluding carboxylic acids is 1. The first-order chi connectivity index (χ1) is 7.34. The van der Waals surface area contributed by atoms with E-state index in [0.29, 0.717) is 0 Å². The van der Waals surface area contributed by atoms with E-state index in [-0.39, 0.29) is 17.9 Å². The van der Waals surface area contributed by atoms with Gasteiger partial charge in [-0.1, -0.05) is 0 Å². The molecular weight excluding hydrogens is 206 g/mol. The zero-order valence-corrected chi connectivity index (χ0v) is 10.2. The number of nitrogens with one attached hydrogen (secondary N) is 1. The minimum absolute atomic E-state index is 0.000875. The van der Waals surface area contributed by atoms with E-state index in [1.807, 2.05) is 0 Å². The van der Waals surface area contributed by atoms with Crippen molar-refractivity contribution < 1.29 is 14.7 Å². The van der Waals surface area contributed by atoms with Gasteiger partial charge in [0, 0.05) is 13.0 Å². The summed E-state index contributed by atoms with van der Waals surface area (Å²) in [6.07, 6.45) is 3.54. The van der Waals surface area contributed by atoms with Crippen LogP contribution < -0.4 is 5.32 Å². The Morgan fingerprint density at radius 1 is 1.19 bits per heavy atom. The minimum Gasteiger partial charge on any atom is -0.481 e. The molecule has 0 aromatic heterocycles. The molecule has 0 aromatic rings. The van der Waals surface area contributed by atoms with Crippen LogP contribution in [0, 0.1) is 11.3 Å². The predicted octanol–water partition coefficient (Wildman–Crippen LogP) is 1.79. The smallest absolute Gasteiger partial charge is 0.309 e. The van der Waals surface area contributed by atoms with Crippen LogP contribution in [0.25, 0.3) is 0 Å². The van der Waals surface area contributed by atoms with Gasteiger partial charge in [0.05, 0.1) is 5.41 Å². The lowest BCUT2D eigenvalue weighted by atomic mass is 9.70. The van der Waals surface area contributed by atoms with Crippen LogP contribution in [0.1, 0.15) is 46.5 Å². The largest absolute Gasteiger partial charge is 0.481 e. The SMILES string of the molecule is CC(=O)NC1CCC(C(C)(C)C(=O)O)CC1. The zero-order chi connectivity index (χ0) is 12.3. The van der Waals surface area contributed by atoms with E-state index in [2.05, 4.69) is 5.32 Å². The molecule has 16 heavy (non-hydrogen) atoms. The maximum Gasteiger partial charge on any atom is 0.309 e. The molecule has 0 bridgehead atoms. The molecule has 1 amide bonds. The van der Waals surface area contributed by atoms with Crippen molar-refractivity contribution in [2.45, 2.75) is 52.5 Å². The van der Waals surface area contributed by atoms with Crippen molar-refractivity contribution in [3.63, 3.8) is 0 Å². The number of carbonyl (C=O) groups is 2. The Bertz CT molecular complexity index is 278. The number of carboxylic acid groups (broad SMARTS) is 1. The molecule has 0 radical (unpaired) electrons. The van der Waals surface area contributed by atoms with Crippen LogP contribution >= 0.6 is 0 Å². The van der Waals surface area contributed by atoms with Gasteiger partial charge in [0.2, 0.25) is 5.91 Å². The molecule has 1 rings (SSSR count). The summed E-state index contributed by atoms with van der Waals surface area (Å²) in [4.78, 5) is 22.0. The van der Waals surface area contributed by atoms with Crippen LogP contribution in [-0.2, 0) is 9.59 Å². The summed E-state index contributed by atoms with van der Waals surface area (Å²) in [5, 5.41) is 12.0. The third kappa shape index (κ3) is 2.97. The molecule has 4 nitrogen and oxygen atoms in total. The van der Waals surface area contributed by atoms with E-state index < -0.39 is 11.4 Å². The second-order valence-corrected chi connectivity index (χ2v) is 5.28. The van der Waals surface area contributed by atoms with Gasteiger partial charge in [-0.2, -0.15) is 0 Å². The van der Waals surface area contributed by atoms with Crippen molar-refractivity contribution in [1.29, 1.82) is 0 Å². The van der Waals surface area contributed by atoms with Gasteiger partial charge in [-0.15, -0.1) is 0 Å². The maximum absolute atomic E-state index is 11.1. The van der Waals surface area contributed by atoms with Gasteiger partial charge in [-0.3, -0.25) is 9.59 Å². The van der Waals surface area contributed by atoms with Gasteiger partial charge in [0.1, 0.15) is 0 Å². The average molecular weight is 227 g/mol. The predicted molar refractivity (Wildman–Crippen MR) is 61.0 cm³/mol. The molecule has 0 aromatic carbocycles. The maximum atomic E-state index is 11.1. The Kier molecular flexibility index (Phi) is 3.94. The normalized spacial score (nSPS) is 26.2. The van der Waals surface area contributed by atoms with Crippen LogP contribution in [0.2, 0.25) is 0 Å². The van der Waals surface area contributed by atoms with E-state index >= 15 is 0 Å². The standard InChI is InChI=1S/C12H21NO3/c1-8(14)13-10-6-4-9(5-7-10)12(2,3)11(15)16/h9-10H,4-7H2,1-3H3,(H,13,14)(H,15,16). The molecule has 1 fully saturated rings. The van der Waals surface area contributed by atoms with Crippen molar-refractivity contribution in [2.24, 2.45) is 11.3 Å². The monoisotopic (exact) mass is 227 g/mol. The third-order valence-corrected chi connectivity index (χ3v) is 3.71. The number of carboxylic acids is 1. The van der Waals surface area contributed by atoms with Crippen molar-refractivity contribution in [1.82, 2.24) is 5.32 Å². The Hall–Kier alpha value is -1.06. The summed E-state index contributed by atoms with van der Waals surface area (Å²) in [6.45, 7) is 5.10. The molecule has 4 heteroatoms. The molecule has 0 heterocycles. The topological polar surface area (TPSA) is 66.4 Å². The van der Waals surface area contributed by atoms with Crippen molar-refractivity contribution in [3.8, 4) is 0 Å². The average Bonchev–Trinajstić information content (AvgIpc) is 2.17. The van der Waals surface area contributed by atoms with Crippen molar-refractivity contribution in [2.75, 3.05) is 0 Å². The molecule has 0 atom stereocenters. The number of rotatable bonds is 3. The van der Waals surface area contributed by atoms with E-state index in [9.17, 15) is 9.59 Å². The highest BCUT2D eigenvalue weighted by Crippen LogP contribution is 2.38. The lowest BCUT2D eigenvalue weighted by molar-refractivity contribution is -0.151. The first kappa shape index (κ1) is 13.0. The molecule has 1 aliphatic rings. The second kappa shape index (κ2) is 4.85. The summed E-state index contributed by atoms with van der Waals surface area (Å²) >= 11 is 0. The molecule has 92 valence electrons. The Morgan fingerprint density at radius 3 is 2.06 bits per heavy atom. The van der Waals surface area contributed by atoms with Crippen LogP contribution in [0.15, 0.2) is 0 Å². The summed E-state index contributed by atoms with van der Waals surface area (Å²) < 4.78 is 0. The fourth-order valence-corrected chi connectivity index (χ4v) is 2.42. The number of hydrogen-bond donors (Lipinski definition) is 2. The van der Waals surface area contributed by atoms with Crippen molar-refractivity contribution in [3.05, 3.63) is 0 Å². The lowest BCUT2D eigenvalue weighted by Crippen LogP contribution is -2.41. The van der Waals surface area contributed by atoms with Crippen LogP contribution in [0.4, 0.5) is 0 Å². The quantitative estimate of drug-likeness (QED) is 0.772. The Balaban J connectivity index is 2.49. The molecule has 0 aliphatic heterocycles. The zero-order valence-electron chi connectivity index (χ0n) is 10.2. The van der Waals surface area contributed by atoms with Crippen LogP contribution in [-0.4, -0.2) is 23.0 Å². The molecule has 1 saturated carbocycles. The Labute approximate surface area is 96.4 Å². The van der Waals surface area contributed by atoms with Gasteiger partial charge in [-0.05, 0) is 45.4 Å². The fraction of sp³-hybridized carbons (Fsp3) is 0.833. The number of hydrogen-bond acceptors (Lipinski definition) is 2. The highest BCUT2D eigenvalue weighted by Gasteiger charge is 2.38. The second-order valence-electron chi connectivity index (χ2n) is 5.28. The lowest BCUT2D eigenvalue weighted by Gasteiger charge is -2.36. The minimum atomic E-state index is -0.726. The van der Waals surface area contributed by atoms with E-state index in [1.165, 1.54) is 6.92 Å². The van der Waals surface area contributed by atoms with Gasteiger partial charge in [0.15, 0.2) is 0 Å². The van der Waals surface area contributed by atoms with Gasteiger partial charge in [0.25, 0.3) is 0 Å². The molecular formula is C12H21NO3. The Morgan fingerprint density at radius 2 is 1.69 bits per heavy atom. The highest BCUT2D eigenvalue weighted by molar-refractivity contribution is 5.74. The summed E-state index contributed by atoms with van der Waals surface area (Å²) in [5.41, 5.74) is -0.652. The molecule has 0 spiro atoms. The van der Waals surface area contributed by atoms with Crippen molar-refractivity contribution >= 4 is 11.9 Å². The first-order valence-electron chi connectivity index (χ1n) is 5.84. The first-order valence-corrected chi connectivity index (χ1v) is 5.84. The fourth-order valence-electron chi connectivity index (χ4n) is 2.42. The molecule has 0 saturated heterocycles. The third-order valence-electron chi connectivity index (χ3n) is 3.71. The van der Waals surface area contributed by atoms with Crippen LogP contribution in [0.5, 0.6) is 0 Å². The number of aliphatic carboxylic acids is 1. The number of amides is 1. The van der Waals surface area contributed by atoms with E-state index in [0.717, 1.165) is 25.7 Å². The van der Waals surface area contributed by atoms with E-state index in [4.69, 9.17) is 5.11 Å². The summed E-state index contributed by atoms with van der Waals surface area (Å²) in [7, 11) is 0. The van der Waals surface area contributed by atoms with Gasteiger partial charge >= 0.3 is 5.97 Å². The molecule has 2 N–H and O–H groups in total. The van der Waals surface area contributed by atoms with Gasteiger partial charge in [-0.25, -0.2) is 0 Å². The molecule has 1 aliphatic carbocycles. The van der Waals surface area contributed by atoms with E-state index in [1.54, 1.807) is 13.8 Å². The summed E-state index contributed by atoms with van der Waals surface area (Å²) in [6, 6.07) is 0.235.